The molecule has 1 aliphatic carbocycles. The van der Waals surface area contributed by atoms with Crippen LogP contribution in [0.1, 0.15) is 32.1 Å². The highest BCUT2D eigenvalue weighted by atomic mass is 16.2. The number of hydrogen-bond donors (Lipinski definition) is 1. The molecule has 0 aromatic heterocycles. The summed E-state index contributed by atoms with van der Waals surface area (Å²) in [6.07, 6.45) is 6.46. The molecule has 2 rings (SSSR count). The molecular weight excluding hydrogens is 192 g/mol. The number of urea groups is 1. The monoisotopic (exact) mass is 208 g/mol. The Morgan fingerprint density at radius 3 is 2.60 bits per heavy atom. The normalized spacial score (nSPS) is 24.4. The van der Waals surface area contributed by atoms with Gasteiger partial charge < -0.3 is 4.90 Å². The van der Waals surface area contributed by atoms with E-state index in [1.807, 2.05) is 0 Å². The van der Waals surface area contributed by atoms with E-state index in [0.717, 1.165) is 32.1 Å². The van der Waals surface area contributed by atoms with Crippen molar-refractivity contribution in [2.75, 3.05) is 6.54 Å². The molecule has 0 radical (unpaired) electrons. The van der Waals surface area contributed by atoms with Gasteiger partial charge in [0.2, 0.25) is 0 Å². The van der Waals surface area contributed by atoms with Crippen LogP contribution in [0.3, 0.4) is 0 Å². The predicted octanol–water partition coefficient (Wildman–Crippen LogP) is 1.43. The maximum Gasteiger partial charge on any atom is 0.325 e. The Morgan fingerprint density at radius 2 is 2.00 bits per heavy atom. The van der Waals surface area contributed by atoms with E-state index in [-0.39, 0.29) is 11.9 Å². The van der Waals surface area contributed by atoms with Gasteiger partial charge in [0.1, 0.15) is 5.54 Å². The fraction of sp³-hybridized carbons (Fsp3) is 0.636. The van der Waals surface area contributed by atoms with Crippen molar-refractivity contribution < 1.29 is 9.59 Å². The van der Waals surface area contributed by atoms with Crippen molar-refractivity contribution in [2.24, 2.45) is 0 Å². The predicted molar refractivity (Wildman–Crippen MR) is 56.3 cm³/mol. The quantitative estimate of drug-likeness (QED) is 0.551. The maximum absolute atomic E-state index is 11.8. The summed E-state index contributed by atoms with van der Waals surface area (Å²) in [7, 11) is 0. The summed E-state index contributed by atoms with van der Waals surface area (Å²) in [5.74, 6) is -0.117. The zero-order valence-corrected chi connectivity index (χ0v) is 8.79. The first-order valence-corrected chi connectivity index (χ1v) is 5.45. The van der Waals surface area contributed by atoms with Gasteiger partial charge in [0.05, 0.1) is 0 Å². The lowest BCUT2D eigenvalue weighted by atomic mass is 9.80. The van der Waals surface area contributed by atoms with Gasteiger partial charge >= 0.3 is 6.03 Å². The fourth-order valence-electron chi connectivity index (χ4n) is 2.62. The van der Waals surface area contributed by atoms with Crippen molar-refractivity contribution in [1.82, 2.24) is 10.2 Å². The van der Waals surface area contributed by atoms with Gasteiger partial charge in [-0.3, -0.25) is 10.1 Å². The molecule has 0 atom stereocenters. The lowest BCUT2D eigenvalue weighted by molar-refractivity contribution is -0.128. The van der Waals surface area contributed by atoms with Gasteiger partial charge in [-0.05, 0) is 12.8 Å². The number of nitrogens with zero attached hydrogens (tertiary/aromatic N) is 1. The molecule has 1 saturated carbocycles. The van der Waals surface area contributed by atoms with Gasteiger partial charge in [-0.1, -0.05) is 25.3 Å². The minimum atomic E-state index is -0.566. The second kappa shape index (κ2) is 3.68. The van der Waals surface area contributed by atoms with Crippen LogP contribution in [0.2, 0.25) is 0 Å². The summed E-state index contributed by atoms with van der Waals surface area (Å²) >= 11 is 0. The van der Waals surface area contributed by atoms with Crippen molar-refractivity contribution in [2.45, 2.75) is 37.6 Å². The number of imide groups is 1. The third kappa shape index (κ3) is 1.44. The van der Waals surface area contributed by atoms with Crippen LogP contribution in [-0.4, -0.2) is 28.9 Å². The molecule has 0 bridgehead atoms. The molecule has 2 fully saturated rings. The Hall–Kier alpha value is -1.32. The third-order valence-electron chi connectivity index (χ3n) is 3.40. The molecule has 1 saturated heterocycles. The molecule has 1 N–H and O–H groups in total. The van der Waals surface area contributed by atoms with E-state index in [2.05, 4.69) is 11.9 Å². The Balaban J connectivity index is 2.28. The van der Waals surface area contributed by atoms with Crippen LogP contribution in [0.15, 0.2) is 12.7 Å². The Labute approximate surface area is 89.3 Å². The van der Waals surface area contributed by atoms with E-state index >= 15 is 0 Å². The second-order valence-corrected chi connectivity index (χ2v) is 4.25. The lowest BCUT2D eigenvalue weighted by Gasteiger charge is -2.37. The number of carbonyl (C=O) groups excluding carboxylic acids is 2. The lowest BCUT2D eigenvalue weighted by Crippen LogP contribution is -2.50. The standard InChI is InChI=1S/C11H16N2O2/c1-2-8-13-10(15)12-9(14)11(13)6-4-3-5-7-11/h2H,1,3-8H2,(H,12,14,15). The van der Waals surface area contributed by atoms with Gasteiger partial charge in [-0.15, -0.1) is 6.58 Å². The van der Waals surface area contributed by atoms with E-state index < -0.39 is 5.54 Å². The highest BCUT2D eigenvalue weighted by Crippen LogP contribution is 2.36. The Bertz CT molecular complexity index is 306. The molecule has 15 heavy (non-hydrogen) atoms. The summed E-state index contributed by atoms with van der Waals surface area (Å²) in [6.45, 7) is 4.08. The molecule has 4 heteroatoms. The smallest absolute Gasteiger partial charge is 0.306 e. The van der Waals surface area contributed by atoms with E-state index in [1.165, 1.54) is 0 Å². The summed E-state index contributed by atoms with van der Waals surface area (Å²) in [6, 6.07) is -0.262. The topological polar surface area (TPSA) is 49.4 Å². The van der Waals surface area contributed by atoms with Crippen molar-refractivity contribution >= 4 is 11.9 Å². The molecule has 1 aliphatic heterocycles. The molecule has 3 amide bonds. The van der Waals surface area contributed by atoms with Crippen LogP contribution in [-0.2, 0) is 4.79 Å². The largest absolute Gasteiger partial charge is 0.325 e. The summed E-state index contributed by atoms with van der Waals surface area (Å²) in [5.41, 5.74) is -0.566. The summed E-state index contributed by atoms with van der Waals surface area (Å²) in [4.78, 5) is 25.1. The zero-order chi connectivity index (χ0) is 10.9. The molecule has 0 aromatic carbocycles. The minimum absolute atomic E-state index is 0.117. The zero-order valence-electron chi connectivity index (χ0n) is 8.79. The highest BCUT2D eigenvalue weighted by molar-refractivity contribution is 6.07. The molecule has 0 unspecified atom stereocenters. The maximum atomic E-state index is 11.8. The second-order valence-electron chi connectivity index (χ2n) is 4.25. The average molecular weight is 208 g/mol. The van der Waals surface area contributed by atoms with Crippen molar-refractivity contribution in [3.63, 3.8) is 0 Å². The Kier molecular flexibility index (Phi) is 2.50. The number of amides is 3. The van der Waals surface area contributed by atoms with Gasteiger partial charge in [0, 0.05) is 6.54 Å². The van der Waals surface area contributed by atoms with Gasteiger partial charge in [-0.2, -0.15) is 0 Å². The van der Waals surface area contributed by atoms with Gasteiger partial charge in [0.25, 0.3) is 5.91 Å². The summed E-state index contributed by atoms with van der Waals surface area (Å²) < 4.78 is 0. The fourth-order valence-corrected chi connectivity index (χ4v) is 2.62. The molecule has 4 nitrogen and oxygen atoms in total. The van der Waals surface area contributed by atoms with Crippen LogP contribution >= 0.6 is 0 Å². The minimum Gasteiger partial charge on any atom is -0.306 e. The SMILES string of the molecule is C=CCN1C(=O)NC(=O)C12CCCCC2. The van der Waals surface area contributed by atoms with Gasteiger partial charge in [-0.25, -0.2) is 4.79 Å². The summed E-state index contributed by atoms with van der Waals surface area (Å²) in [5, 5.41) is 2.41. The van der Waals surface area contributed by atoms with Crippen molar-refractivity contribution in [3.8, 4) is 0 Å². The Morgan fingerprint density at radius 1 is 1.33 bits per heavy atom. The van der Waals surface area contributed by atoms with Crippen molar-refractivity contribution in [1.29, 1.82) is 0 Å². The molecule has 0 aromatic rings. The number of carbonyl (C=O) groups is 2. The number of rotatable bonds is 2. The van der Waals surface area contributed by atoms with Crippen LogP contribution in [0, 0.1) is 0 Å². The van der Waals surface area contributed by atoms with E-state index in [9.17, 15) is 9.59 Å². The van der Waals surface area contributed by atoms with Crippen LogP contribution in [0.25, 0.3) is 0 Å². The van der Waals surface area contributed by atoms with Crippen LogP contribution < -0.4 is 5.32 Å². The molecule has 1 spiro atoms. The highest BCUT2D eigenvalue weighted by Gasteiger charge is 2.52. The van der Waals surface area contributed by atoms with E-state index in [4.69, 9.17) is 0 Å². The van der Waals surface area contributed by atoms with Crippen LogP contribution in [0.5, 0.6) is 0 Å². The third-order valence-corrected chi connectivity index (χ3v) is 3.40. The molecular formula is C11H16N2O2. The molecule has 2 aliphatic rings. The first-order valence-electron chi connectivity index (χ1n) is 5.45. The van der Waals surface area contributed by atoms with E-state index in [1.54, 1.807) is 11.0 Å². The van der Waals surface area contributed by atoms with Crippen LogP contribution in [0.4, 0.5) is 4.79 Å². The van der Waals surface area contributed by atoms with Crippen molar-refractivity contribution in [3.05, 3.63) is 12.7 Å². The first-order chi connectivity index (χ1) is 7.20. The van der Waals surface area contributed by atoms with Gasteiger partial charge in [0.15, 0.2) is 0 Å². The molecule has 1 heterocycles. The van der Waals surface area contributed by atoms with E-state index in [0.29, 0.717) is 6.54 Å². The number of hydrogen-bond acceptors (Lipinski definition) is 2. The average Bonchev–Trinajstić information content (AvgIpc) is 2.45. The molecule has 82 valence electrons. The number of nitrogens with one attached hydrogen (secondary N) is 1. The first kappa shape index (κ1) is 10.2.